The number of piperidine rings is 1. The maximum absolute atomic E-state index is 13.1. The molecule has 0 spiro atoms. The van der Waals surface area contributed by atoms with Crippen LogP contribution in [0.1, 0.15) is 12.8 Å². The molecular formula is C15H18FN3O. The minimum Gasteiger partial charge on any atom is -0.454 e. The number of halogens is 1. The molecule has 1 saturated heterocycles. The Hall–Kier alpha value is -1.88. The molecule has 1 fully saturated rings. The summed E-state index contributed by atoms with van der Waals surface area (Å²) in [6.45, 7) is 3.07. The Morgan fingerprint density at radius 2 is 2.15 bits per heavy atom. The topological polar surface area (TPSA) is 39.1 Å². The fourth-order valence-electron chi connectivity index (χ4n) is 2.49. The third kappa shape index (κ3) is 3.36. The minimum atomic E-state index is -0.301. The molecule has 0 saturated carbocycles. The van der Waals surface area contributed by atoms with Gasteiger partial charge in [0, 0.05) is 12.6 Å². The fourth-order valence-corrected chi connectivity index (χ4v) is 2.49. The Balaban J connectivity index is 1.61. The van der Waals surface area contributed by atoms with Crippen molar-refractivity contribution in [3.63, 3.8) is 0 Å². The summed E-state index contributed by atoms with van der Waals surface area (Å²) in [5.41, 5.74) is 0. The first kappa shape index (κ1) is 13.1. The summed E-state index contributed by atoms with van der Waals surface area (Å²) in [7, 11) is 0. The highest BCUT2D eigenvalue weighted by molar-refractivity contribution is 5.28. The molecule has 1 aliphatic rings. The molecule has 1 aromatic heterocycles. The van der Waals surface area contributed by atoms with Gasteiger partial charge in [0.05, 0.1) is 12.4 Å². The van der Waals surface area contributed by atoms with Gasteiger partial charge in [-0.15, -0.1) is 0 Å². The van der Waals surface area contributed by atoms with Crippen LogP contribution in [0.4, 0.5) is 4.39 Å². The van der Waals surface area contributed by atoms with Crippen molar-refractivity contribution in [2.45, 2.75) is 19.4 Å². The number of aromatic nitrogens is 2. The van der Waals surface area contributed by atoms with Crippen molar-refractivity contribution in [2.75, 3.05) is 13.1 Å². The molecule has 20 heavy (non-hydrogen) atoms. The molecule has 5 heteroatoms. The first-order valence-corrected chi connectivity index (χ1v) is 6.96. The summed E-state index contributed by atoms with van der Waals surface area (Å²) < 4.78 is 20.6. The number of rotatable bonds is 4. The molecule has 0 unspecified atom stereocenters. The third-order valence-corrected chi connectivity index (χ3v) is 3.55. The average molecular weight is 275 g/mol. The highest BCUT2D eigenvalue weighted by Gasteiger charge is 2.14. The lowest BCUT2D eigenvalue weighted by Crippen LogP contribution is -2.29. The fraction of sp³-hybridized carbons (Fsp3) is 0.400. The van der Waals surface area contributed by atoms with Gasteiger partial charge in [-0.1, -0.05) is 6.07 Å². The van der Waals surface area contributed by atoms with E-state index < -0.39 is 0 Å². The molecule has 0 amide bonds. The summed E-state index contributed by atoms with van der Waals surface area (Å²) in [4.78, 5) is 0. The van der Waals surface area contributed by atoms with E-state index in [0.717, 1.165) is 19.6 Å². The Morgan fingerprint density at radius 1 is 1.30 bits per heavy atom. The smallest absolute Gasteiger partial charge is 0.165 e. The van der Waals surface area contributed by atoms with Crippen molar-refractivity contribution in [3.05, 3.63) is 42.5 Å². The van der Waals surface area contributed by atoms with Gasteiger partial charge in [0.2, 0.25) is 0 Å². The van der Waals surface area contributed by atoms with Crippen molar-refractivity contribution in [2.24, 2.45) is 5.92 Å². The van der Waals surface area contributed by atoms with Gasteiger partial charge in [-0.3, -0.25) is 4.68 Å². The van der Waals surface area contributed by atoms with E-state index in [4.69, 9.17) is 4.74 Å². The van der Waals surface area contributed by atoms with Gasteiger partial charge < -0.3 is 10.1 Å². The van der Waals surface area contributed by atoms with Crippen LogP contribution in [0.25, 0.3) is 0 Å². The molecule has 4 nitrogen and oxygen atoms in total. The number of benzene rings is 1. The van der Waals surface area contributed by atoms with Gasteiger partial charge >= 0.3 is 0 Å². The lowest BCUT2D eigenvalue weighted by atomic mass is 9.98. The lowest BCUT2D eigenvalue weighted by molar-refractivity contribution is 0.321. The van der Waals surface area contributed by atoms with Crippen LogP contribution < -0.4 is 10.1 Å². The number of nitrogens with zero attached hydrogens (tertiary/aromatic N) is 2. The average Bonchev–Trinajstić information content (AvgIpc) is 2.87. The summed E-state index contributed by atoms with van der Waals surface area (Å²) >= 11 is 0. The largest absolute Gasteiger partial charge is 0.454 e. The van der Waals surface area contributed by atoms with Crippen molar-refractivity contribution in [1.82, 2.24) is 15.1 Å². The van der Waals surface area contributed by atoms with E-state index in [9.17, 15) is 4.39 Å². The summed E-state index contributed by atoms with van der Waals surface area (Å²) in [5, 5.41) is 7.66. The van der Waals surface area contributed by atoms with E-state index in [1.54, 1.807) is 18.3 Å². The Bertz CT molecular complexity index is 564. The molecule has 0 bridgehead atoms. The van der Waals surface area contributed by atoms with E-state index >= 15 is 0 Å². The SMILES string of the molecule is Fc1cccc(Oc2cnn(CC3CCNCC3)c2)c1. The highest BCUT2D eigenvalue weighted by atomic mass is 19.1. The third-order valence-electron chi connectivity index (χ3n) is 3.55. The number of hydrogen-bond acceptors (Lipinski definition) is 3. The second-order valence-electron chi connectivity index (χ2n) is 5.15. The van der Waals surface area contributed by atoms with Crippen molar-refractivity contribution < 1.29 is 9.13 Å². The van der Waals surface area contributed by atoms with Crippen LogP contribution in [0.15, 0.2) is 36.7 Å². The van der Waals surface area contributed by atoms with Crippen molar-refractivity contribution >= 4 is 0 Å². The summed E-state index contributed by atoms with van der Waals surface area (Å²) in [5.74, 6) is 1.50. The van der Waals surface area contributed by atoms with Crippen LogP contribution in [-0.2, 0) is 6.54 Å². The van der Waals surface area contributed by atoms with Gasteiger partial charge in [-0.2, -0.15) is 5.10 Å². The lowest BCUT2D eigenvalue weighted by Gasteiger charge is -2.22. The van der Waals surface area contributed by atoms with Crippen molar-refractivity contribution in [1.29, 1.82) is 0 Å². The molecular weight excluding hydrogens is 257 g/mol. The van der Waals surface area contributed by atoms with Crippen molar-refractivity contribution in [3.8, 4) is 11.5 Å². The number of ether oxygens (including phenoxy) is 1. The second kappa shape index (κ2) is 6.05. The van der Waals surface area contributed by atoms with Crippen LogP contribution in [-0.4, -0.2) is 22.9 Å². The molecule has 2 heterocycles. The van der Waals surface area contributed by atoms with Crippen LogP contribution in [0.2, 0.25) is 0 Å². The normalized spacial score (nSPS) is 16.2. The van der Waals surface area contributed by atoms with Gasteiger partial charge in [0.1, 0.15) is 11.6 Å². The van der Waals surface area contributed by atoms with E-state index in [0.29, 0.717) is 17.4 Å². The van der Waals surface area contributed by atoms with E-state index in [-0.39, 0.29) is 5.82 Å². The van der Waals surface area contributed by atoms with Gasteiger partial charge in [-0.05, 0) is 44.0 Å². The zero-order valence-corrected chi connectivity index (χ0v) is 11.3. The Kier molecular flexibility index (Phi) is 3.97. The van der Waals surface area contributed by atoms with E-state index in [1.807, 2.05) is 10.9 Å². The summed E-state index contributed by atoms with van der Waals surface area (Å²) in [6, 6.07) is 6.12. The Labute approximate surface area is 117 Å². The van der Waals surface area contributed by atoms with Crippen LogP contribution in [0, 0.1) is 11.7 Å². The molecule has 106 valence electrons. The second-order valence-corrected chi connectivity index (χ2v) is 5.15. The molecule has 2 aromatic rings. The zero-order chi connectivity index (χ0) is 13.8. The molecule has 3 rings (SSSR count). The van der Waals surface area contributed by atoms with Crippen LogP contribution in [0.3, 0.4) is 0 Å². The standard InChI is InChI=1S/C15H18FN3O/c16-13-2-1-3-14(8-13)20-15-9-18-19(11-15)10-12-4-6-17-7-5-12/h1-3,8-9,11-12,17H,4-7,10H2. The van der Waals surface area contributed by atoms with Gasteiger partial charge in [0.25, 0.3) is 0 Å². The summed E-state index contributed by atoms with van der Waals surface area (Å²) in [6.07, 6.45) is 5.90. The van der Waals surface area contributed by atoms with E-state index in [1.165, 1.54) is 25.0 Å². The van der Waals surface area contributed by atoms with Crippen LogP contribution >= 0.6 is 0 Å². The first-order chi connectivity index (χ1) is 9.79. The zero-order valence-electron chi connectivity index (χ0n) is 11.3. The predicted molar refractivity (Wildman–Crippen MR) is 74.3 cm³/mol. The maximum Gasteiger partial charge on any atom is 0.165 e. The number of hydrogen-bond donors (Lipinski definition) is 1. The van der Waals surface area contributed by atoms with Crippen LogP contribution in [0.5, 0.6) is 11.5 Å². The first-order valence-electron chi connectivity index (χ1n) is 6.96. The monoisotopic (exact) mass is 275 g/mol. The predicted octanol–water partition coefficient (Wildman–Crippen LogP) is 2.81. The number of nitrogens with one attached hydrogen (secondary N) is 1. The molecule has 1 aliphatic heterocycles. The maximum atomic E-state index is 13.1. The molecule has 0 atom stereocenters. The molecule has 0 radical (unpaired) electrons. The Morgan fingerprint density at radius 3 is 2.95 bits per heavy atom. The van der Waals surface area contributed by atoms with Gasteiger partial charge in [-0.25, -0.2) is 4.39 Å². The van der Waals surface area contributed by atoms with Gasteiger partial charge in [0.15, 0.2) is 5.75 Å². The molecule has 1 aromatic carbocycles. The minimum absolute atomic E-state index is 0.301. The molecule has 1 N–H and O–H groups in total. The quantitative estimate of drug-likeness (QED) is 0.932. The molecule has 0 aliphatic carbocycles. The highest BCUT2D eigenvalue weighted by Crippen LogP contribution is 2.22. The van der Waals surface area contributed by atoms with E-state index in [2.05, 4.69) is 10.4 Å².